The van der Waals surface area contributed by atoms with E-state index in [2.05, 4.69) is 43.2 Å². The molecule has 1 amide bonds. The second kappa shape index (κ2) is 11.8. The molecule has 0 unspecified atom stereocenters. The fourth-order valence-electron chi connectivity index (χ4n) is 3.84. The Bertz CT molecular complexity index is 1450. The SMILES string of the molecule is N#C/C(=C\c1cc(Br)c(OCc2ccc(Cl)c(Cl)c2)c(Br)c1)C(=O)Nc1sc2c(c1C#N)CCCC2. The lowest BCUT2D eigenvalue weighted by molar-refractivity contribution is -0.112. The number of rotatable bonds is 6. The van der Waals surface area contributed by atoms with E-state index in [4.69, 9.17) is 27.9 Å². The van der Waals surface area contributed by atoms with E-state index in [1.54, 1.807) is 24.3 Å². The van der Waals surface area contributed by atoms with Gasteiger partial charge in [-0.15, -0.1) is 11.3 Å². The molecule has 10 heteroatoms. The molecule has 0 fully saturated rings. The number of nitrogens with zero attached hydrogens (tertiary/aromatic N) is 2. The van der Waals surface area contributed by atoms with Gasteiger partial charge < -0.3 is 10.1 Å². The van der Waals surface area contributed by atoms with Gasteiger partial charge in [0.1, 0.15) is 35.1 Å². The first-order chi connectivity index (χ1) is 17.3. The first kappa shape index (κ1) is 26.7. The molecule has 0 saturated heterocycles. The summed E-state index contributed by atoms with van der Waals surface area (Å²) in [6, 6.07) is 13.0. The molecule has 1 heterocycles. The summed E-state index contributed by atoms with van der Waals surface area (Å²) in [7, 11) is 0. The Morgan fingerprint density at radius 2 is 1.83 bits per heavy atom. The van der Waals surface area contributed by atoms with E-state index in [0.29, 0.717) is 40.9 Å². The van der Waals surface area contributed by atoms with Crippen molar-refractivity contribution in [2.45, 2.75) is 32.3 Å². The van der Waals surface area contributed by atoms with E-state index in [0.717, 1.165) is 41.7 Å². The topological polar surface area (TPSA) is 85.9 Å². The number of nitriles is 2. The number of carbonyl (C=O) groups is 1. The summed E-state index contributed by atoms with van der Waals surface area (Å²) in [4.78, 5) is 14.0. The molecule has 0 aliphatic heterocycles. The number of anilines is 1. The molecule has 182 valence electrons. The molecular weight excluding hydrogens is 649 g/mol. The van der Waals surface area contributed by atoms with Crippen molar-refractivity contribution in [2.75, 3.05) is 5.32 Å². The minimum Gasteiger partial charge on any atom is -0.487 e. The van der Waals surface area contributed by atoms with Gasteiger partial charge in [0.25, 0.3) is 5.91 Å². The van der Waals surface area contributed by atoms with Gasteiger partial charge in [0.2, 0.25) is 0 Å². The van der Waals surface area contributed by atoms with Crippen molar-refractivity contribution in [2.24, 2.45) is 0 Å². The molecule has 5 nitrogen and oxygen atoms in total. The largest absolute Gasteiger partial charge is 0.487 e. The van der Waals surface area contributed by atoms with E-state index < -0.39 is 5.91 Å². The third kappa shape index (κ3) is 5.96. The normalized spacial score (nSPS) is 12.9. The van der Waals surface area contributed by atoms with Crippen LogP contribution in [0.15, 0.2) is 44.9 Å². The van der Waals surface area contributed by atoms with Gasteiger partial charge in [-0.05, 0) is 105 Å². The molecule has 0 radical (unpaired) electrons. The molecule has 1 aliphatic rings. The maximum absolute atomic E-state index is 12.9. The number of halogens is 4. The number of hydrogen-bond acceptors (Lipinski definition) is 5. The second-order valence-electron chi connectivity index (χ2n) is 8.00. The average Bonchev–Trinajstić information content (AvgIpc) is 3.20. The maximum atomic E-state index is 12.9. The van der Waals surface area contributed by atoms with Gasteiger partial charge in [0, 0.05) is 4.88 Å². The monoisotopic (exact) mass is 663 g/mol. The maximum Gasteiger partial charge on any atom is 0.266 e. The van der Waals surface area contributed by atoms with Crippen LogP contribution >= 0.6 is 66.4 Å². The smallest absolute Gasteiger partial charge is 0.266 e. The van der Waals surface area contributed by atoms with Gasteiger partial charge in [-0.25, -0.2) is 0 Å². The average molecular weight is 666 g/mol. The minimum atomic E-state index is -0.556. The van der Waals surface area contributed by atoms with Crippen molar-refractivity contribution in [3.8, 4) is 17.9 Å². The van der Waals surface area contributed by atoms with Crippen LogP contribution < -0.4 is 10.1 Å². The number of thiophene rings is 1. The van der Waals surface area contributed by atoms with E-state index in [9.17, 15) is 15.3 Å². The van der Waals surface area contributed by atoms with Crippen molar-refractivity contribution >= 4 is 83.4 Å². The van der Waals surface area contributed by atoms with Crippen LogP contribution in [0.5, 0.6) is 5.75 Å². The first-order valence-corrected chi connectivity index (χ1v) is 14.0. The molecule has 4 rings (SSSR count). The van der Waals surface area contributed by atoms with E-state index in [-0.39, 0.29) is 12.2 Å². The Morgan fingerprint density at radius 1 is 1.11 bits per heavy atom. The number of amides is 1. The van der Waals surface area contributed by atoms with Gasteiger partial charge in [0.05, 0.1) is 24.6 Å². The predicted molar refractivity (Wildman–Crippen MR) is 151 cm³/mol. The summed E-state index contributed by atoms with van der Waals surface area (Å²) in [5, 5.41) is 23.5. The van der Waals surface area contributed by atoms with Crippen molar-refractivity contribution < 1.29 is 9.53 Å². The van der Waals surface area contributed by atoms with Gasteiger partial charge in [-0.2, -0.15) is 10.5 Å². The van der Waals surface area contributed by atoms with Gasteiger partial charge in [-0.3, -0.25) is 4.79 Å². The number of aryl methyl sites for hydroxylation is 1. The lowest BCUT2D eigenvalue weighted by atomic mass is 9.96. The number of ether oxygens (including phenoxy) is 1. The summed E-state index contributed by atoms with van der Waals surface area (Å²) < 4.78 is 7.21. The van der Waals surface area contributed by atoms with Gasteiger partial charge in [-0.1, -0.05) is 29.3 Å². The zero-order chi connectivity index (χ0) is 25.8. The van der Waals surface area contributed by atoms with Crippen LogP contribution in [-0.4, -0.2) is 5.91 Å². The van der Waals surface area contributed by atoms with Crippen LogP contribution in [0.25, 0.3) is 6.08 Å². The Morgan fingerprint density at radius 3 is 2.50 bits per heavy atom. The number of fused-ring (bicyclic) bond motifs is 1. The van der Waals surface area contributed by atoms with Crippen molar-refractivity contribution in [3.05, 3.63) is 82.0 Å². The van der Waals surface area contributed by atoms with Gasteiger partial charge in [0.15, 0.2) is 0 Å². The quantitative estimate of drug-likeness (QED) is 0.211. The van der Waals surface area contributed by atoms with Crippen LogP contribution in [0, 0.1) is 22.7 Å². The van der Waals surface area contributed by atoms with Crippen LogP contribution in [0.2, 0.25) is 10.0 Å². The molecule has 1 N–H and O–H groups in total. The highest BCUT2D eigenvalue weighted by Gasteiger charge is 2.23. The fraction of sp³-hybridized carbons (Fsp3) is 0.192. The summed E-state index contributed by atoms with van der Waals surface area (Å²) in [6.07, 6.45) is 5.35. The summed E-state index contributed by atoms with van der Waals surface area (Å²) in [5.41, 5.74) is 2.93. The minimum absolute atomic E-state index is 0.0754. The Balaban J connectivity index is 1.52. The number of nitrogens with one attached hydrogen (secondary N) is 1. The molecule has 0 bridgehead atoms. The van der Waals surface area contributed by atoms with Crippen LogP contribution in [0.1, 0.15) is 40.0 Å². The fourth-order valence-corrected chi connectivity index (χ4v) is 6.85. The molecule has 0 spiro atoms. The van der Waals surface area contributed by atoms with Crippen LogP contribution in [0.3, 0.4) is 0 Å². The van der Waals surface area contributed by atoms with Crippen LogP contribution in [0.4, 0.5) is 5.00 Å². The van der Waals surface area contributed by atoms with Crippen LogP contribution in [-0.2, 0) is 24.2 Å². The Hall–Kier alpha value is -2.33. The molecule has 2 aromatic carbocycles. The standard InChI is InChI=1S/C26H17Br2Cl2N3O2S/c27-19-8-15(9-20(28)24(19)35-13-14-5-6-21(29)22(30)10-14)7-16(11-31)25(34)33-26-18(12-32)17-3-1-2-4-23(17)36-26/h5-10H,1-4,13H2,(H,33,34)/b16-7+. The molecule has 1 aliphatic carbocycles. The molecule has 0 saturated carbocycles. The summed E-state index contributed by atoms with van der Waals surface area (Å²) in [6.45, 7) is 0.265. The Kier molecular flexibility index (Phi) is 8.77. The highest BCUT2D eigenvalue weighted by Crippen LogP contribution is 2.38. The van der Waals surface area contributed by atoms with Crippen molar-refractivity contribution in [3.63, 3.8) is 0 Å². The third-order valence-electron chi connectivity index (χ3n) is 5.57. The molecular formula is C26H17Br2Cl2N3O2S. The van der Waals surface area contributed by atoms with Gasteiger partial charge >= 0.3 is 0 Å². The van der Waals surface area contributed by atoms with E-state index in [1.807, 2.05) is 12.1 Å². The lowest BCUT2D eigenvalue weighted by Crippen LogP contribution is -2.13. The molecule has 1 aromatic heterocycles. The highest BCUT2D eigenvalue weighted by molar-refractivity contribution is 9.11. The molecule has 0 atom stereocenters. The number of benzene rings is 2. The summed E-state index contributed by atoms with van der Waals surface area (Å²) >= 11 is 20.5. The zero-order valence-electron chi connectivity index (χ0n) is 18.6. The van der Waals surface area contributed by atoms with Crippen molar-refractivity contribution in [1.29, 1.82) is 10.5 Å². The van der Waals surface area contributed by atoms with E-state index in [1.165, 1.54) is 17.4 Å². The first-order valence-electron chi connectivity index (χ1n) is 10.8. The summed E-state index contributed by atoms with van der Waals surface area (Å²) in [5.74, 6) is 0.00351. The zero-order valence-corrected chi connectivity index (χ0v) is 24.1. The van der Waals surface area contributed by atoms with Crippen molar-refractivity contribution in [1.82, 2.24) is 0 Å². The molecule has 36 heavy (non-hydrogen) atoms. The highest BCUT2D eigenvalue weighted by atomic mass is 79.9. The Labute approximate surface area is 239 Å². The number of carbonyl (C=O) groups excluding carboxylic acids is 1. The third-order valence-corrected chi connectivity index (χ3v) is 8.70. The predicted octanol–water partition coefficient (Wildman–Crippen LogP) is 8.46. The van der Waals surface area contributed by atoms with E-state index >= 15 is 0 Å². The molecule has 3 aromatic rings. The number of hydrogen-bond donors (Lipinski definition) is 1. The second-order valence-corrected chi connectivity index (χ2v) is 11.6. The lowest BCUT2D eigenvalue weighted by Gasteiger charge is -2.12.